The summed E-state index contributed by atoms with van der Waals surface area (Å²) in [7, 11) is 2.78. The summed E-state index contributed by atoms with van der Waals surface area (Å²) < 4.78 is 11.4. The molecule has 4 rings (SSSR count). The van der Waals surface area contributed by atoms with Crippen molar-refractivity contribution >= 4 is 12.0 Å². The van der Waals surface area contributed by atoms with E-state index in [1.165, 1.54) is 24.1 Å². The van der Waals surface area contributed by atoms with Crippen LogP contribution in [0.15, 0.2) is 52.9 Å². The number of hydrogen-bond donors (Lipinski definition) is 3. The van der Waals surface area contributed by atoms with Crippen molar-refractivity contribution in [3.05, 3.63) is 54.4 Å². The Bertz CT molecular complexity index is 1180. The zero-order chi connectivity index (χ0) is 24.5. The number of ether oxygens (including phenoxy) is 1. The Morgan fingerprint density at radius 2 is 1.65 bits per heavy atom. The van der Waals surface area contributed by atoms with Crippen LogP contribution in [0.3, 0.4) is 0 Å². The number of aromatic nitrogens is 1. The SMILES string of the molecule is COc1ccc(-c2oc(C3(C(=O)O)CCN(C(=O)N(C)O)CC3)nc2-c2ccc(O)cc2)cc1. The van der Waals surface area contributed by atoms with Crippen LogP contribution in [-0.2, 0) is 10.2 Å². The van der Waals surface area contributed by atoms with Crippen molar-refractivity contribution in [2.24, 2.45) is 0 Å². The number of methoxy groups -OCH3 is 1. The summed E-state index contributed by atoms with van der Waals surface area (Å²) in [6.45, 7) is 0.232. The van der Waals surface area contributed by atoms with Crippen molar-refractivity contribution in [1.82, 2.24) is 14.9 Å². The van der Waals surface area contributed by atoms with Gasteiger partial charge in [-0.05, 0) is 61.4 Å². The van der Waals surface area contributed by atoms with Gasteiger partial charge in [0.1, 0.15) is 22.6 Å². The lowest BCUT2D eigenvalue weighted by Crippen LogP contribution is -2.51. The number of hydrogen-bond acceptors (Lipinski definition) is 7. The van der Waals surface area contributed by atoms with Crippen LogP contribution in [0, 0.1) is 0 Å². The van der Waals surface area contributed by atoms with E-state index in [4.69, 9.17) is 9.15 Å². The molecule has 0 spiro atoms. The second kappa shape index (κ2) is 9.06. The number of oxazole rings is 1. The molecule has 10 nitrogen and oxygen atoms in total. The molecule has 34 heavy (non-hydrogen) atoms. The van der Waals surface area contributed by atoms with Crippen molar-refractivity contribution in [1.29, 1.82) is 0 Å². The van der Waals surface area contributed by atoms with Crippen LogP contribution in [0.4, 0.5) is 4.79 Å². The van der Waals surface area contributed by atoms with Gasteiger partial charge in [-0.2, -0.15) is 0 Å². The lowest BCUT2D eigenvalue weighted by Gasteiger charge is -2.37. The molecule has 178 valence electrons. The first-order valence-corrected chi connectivity index (χ1v) is 10.7. The molecule has 1 aromatic heterocycles. The number of benzene rings is 2. The topological polar surface area (TPSA) is 137 Å². The number of likely N-dealkylation sites (tertiary alicyclic amines) is 1. The highest BCUT2D eigenvalue weighted by molar-refractivity contribution is 5.83. The highest BCUT2D eigenvalue weighted by Gasteiger charge is 2.49. The Morgan fingerprint density at radius 1 is 1.06 bits per heavy atom. The fourth-order valence-corrected chi connectivity index (χ4v) is 4.08. The molecule has 0 aliphatic carbocycles. The summed E-state index contributed by atoms with van der Waals surface area (Å²) in [5.41, 5.74) is 0.321. The molecule has 2 aromatic carbocycles. The summed E-state index contributed by atoms with van der Waals surface area (Å²) in [6, 6.07) is 12.9. The normalized spacial score (nSPS) is 15.1. The second-order valence-corrected chi connectivity index (χ2v) is 8.15. The zero-order valence-corrected chi connectivity index (χ0v) is 18.8. The largest absolute Gasteiger partial charge is 0.508 e. The van der Waals surface area contributed by atoms with E-state index < -0.39 is 17.4 Å². The monoisotopic (exact) mass is 467 g/mol. The van der Waals surface area contributed by atoms with Crippen LogP contribution in [0.1, 0.15) is 18.7 Å². The zero-order valence-electron chi connectivity index (χ0n) is 18.8. The molecule has 1 aliphatic heterocycles. The maximum absolute atomic E-state index is 12.5. The van der Waals surface area contributed by atoms with E-state index >= 15 is 0 Å². The Hall–Kier alpha value is -4.05. The number of hydroxylamine groups is 2. The predicted molar refractivity (Wildman–Crippen MR) is 121 cm³/mol. The van der Waals surface area contributed by atoms with Gasteiger partial charge in [0.2, 0.25) is 5.89 Å². The van der Waals surface area contributed by atoms with E-state index in [2.05, 4.69) is 4.98 Å². The molecule has 1 saturated heterocycles. The Balaban J connectivity index is 1.78. The average Bonchev–Trinajstić information content (AvgIpc) is 3.30. The second-order valence-electron chi connectivity index (χ2n) is 8.15. The summed E-state index contributed by atoms with van der Waals surface area (Å²) in [5, 5.41) is 29.8. The Kier molecular flexibility index (Phi) is 6.16. The predicted octanol–water partition coefficient (Wildman–Crippen LogP) is 3.58. The van der Waals surface area contributed by atoms with E-state index in [0.717, 1.165) is 0 Å². The van der Waals surface area contributed by atoms with Crippen molar-refractivity contribution in [2.45, 2.75) is 18.3 Å². The first kappa shape index (κ1) is 23.1. The van der Waals surface area contributed by atoms with Gasteiger partial charge in [0.05, 0.1) is 7.11 Å². The van der Waals surface area contributed by atoms with Gasteiger partial charge in [0.15, 0.2) is 5.76 Å². The number of aliphatic carboxylic acids is 1. The average molecular weight is 467 g/mol. The van der Waals surface area contributed by atoms with Gasteiger partial charge in [-0.25, -0.2) is 14.8 Å². The third-order valence-corrected chi connectivity index (χ3v) is 6.10. The van der Waals surface area contributed by atoms with E-state index in [1.807, 2.05) is 0 Å². The lowest BCUT2D eigenvalue weighted by atomic mass is 9.78. The summed E-state index contributed by atoms with van der Waals surface area (Å²) in [6.07, 6.45) is 0.138. The fraction of sp³-hybridized carbons (Fsp3) is 0.292. The molecule has 0 radical (unpaired) electrons. The number of piperidine rings is 1. The third kappa shape index (κ3) is 4.15. The van der Waals surface area contributed by atoms with Crippen molar-refractivity contribution in [2.75, 3.05) is 27.2 Å². The molecular formula is C24H25N3O7. The molecule has 1 fully saturated rings. The molecule has 2 heterocycles. The first-order valence-electron chi connectivity index (χ1n) is 10.7. The van der Waals surface area contributed by atoms with Gasteiger partial charge in [-0.3, -0.25) is 10.0 Å². The number of carbonyl (C=O) groups excluding carboxylic acids is 1. The smallest absolute Gasteiger partial charge is 0.343 e. The minimum absolute atomic E-state index is 0.0401. The van der Waals surface area contributed by atoms with Crippen LogP contribution >= 0.6 is 0 Å². The van der Waals surface area contributed by atoms with Crippen molar-refractivity contribution in [3.8, 4) is 34.1 Å². The van der Waals surface area contributed by atoms with Gasteiger partial charge in [-0.15, -0.1) is 0 Å². The van der Waals surface area contributed by atoms with Crippen molar-refractivity contribution < 1.29 is 34.2 Å². The summed E-state index contributed by atoms with van der Waals surface area (Å²) in [5.74, 6) is 0.0709. The van der Waals surface area contributed by atoms with Gasteiger partial charge < -0.3 is 24.3 Å². The molecule has 0 saturated carbocycles. The Labute approximate surface area is 195 Å². The molecular weight excluding hydrogens is 442 g/mol. The molecule has 1 aliphatic rings. The highest BCUT2D eigenvalue weighted by Crippen LogP contribution is 2.42. The Morgan fingerprint density at radius 3 is 2.18 bits per heavy atom. The van der Waals surface area contributed by atoms with Gasteiger partial charge in [-0.1, -0.05) is 0 Å². The number of rotatable bonds is 5. The minimum Gasteiger partial charge on any atom is -0.508 e. The molecule has 0 unspecified atom stereocenters. The number of nitrogens with zero attached hydrogens (tertiary/aromatic N) is 3. The van der Waals surface area contributed by atoms with Crippen molar-refractivity contribution in [3.63, 3.8) is 0 Å². The van der Waals surface area contributed by atoms with Gasteiger partial charge >= 0.3 is 12.0 Å². The number of phenolic OH excluding ortho intramolecular Hbond substituents is 1. The number of aromatic hydroxyl groups is 1. The van der Waals surface area contributed by atoms with E-state index in [0.29, 0.717) is 33.4 Å². The van der Waals surface area contributed by atoms with E-state index in [9.17, 15) is 25.0 Å². The van der Waals surface area contributed by atoms with Crippen LogP contribution in [0.5, 0.6) is 11.5 Å². The molecule has 3 aromatic rings. The number of amides is 2. The molecule has 0 bridgehead atoms. The molecule has 0 atom stereocenters. The number of carboxylic acids is 1. The minimum atomic E-state index is -1.44. The van der Waals surface area contributed by atoms with E-state index in [-0.39, 0.29) is 37.6 Å². The van der Waals surface area contributed by atoms with Crippen LogP contribution in [-0.4, -0.2) is 69.6 Å². The van der Waals surface area contributed by atoms with E-state index in [1.54, 1.807) is 43.5 Å². The highest BCUT2D eigenvalue weighted by atomic mass is 16.5. The number of phenols is 1. The fourth-order valence-electron chi connectivity index (χ4n) is 4.08. The van der Waals surface area contributed by atoms with Crippen LogP contribution in [0.2, 0.25) is 0 Å². The number of urea groups is 1. The van der Waals surface area contributed by atoms with Gasteiger partial charge in [0.25, 0.3) is 0 Å². The van der Waals surface area contributed by atoms with Crippen LogP contribution in [0.25, 0.3) is 22.6 Å². The lowest BCUT2D eigenvalue weighted by molar-refractivity contribution is -0.147. The first-order chi connectivity index (χ1) is 16.2. The number of carbonyl (C=O) groups is 2. The maximum atomic E-state index is 12.5. The maximum Gasteiger partial charge on any atom is 0.343 e. The standard InChI is InChI=1S/C24H25N3O7/c1-26(32)23(31)27-13-11-24(12-14-27,22(29)30)21-25-19(15-3-7-17(28)8-4-15)20(34-21)16-5-9-18(33-2)10-6-16/h3-10,28,32H,11-14H2,1-2H3,(H,29,30). The summed E-state index contributed by atoms with van der Waals surface area (Å²) >= 11 is 0. The van der Waals surface area contributed by atoms with Gasteiger partial charge in [0, 0.05) is 31.3 Å². The summed E-state index contributed by atoms with van der Waals surface area (Å²) in [4.78, 5) is 30.6. The van der Waals surface area contributed by atoms with Crippen LogP contribution < -0.4 is 4.74 Å². The third-order valence-electron chi connectivity index (χ3n) is 6.10. The number of carboxylic acid groups (broad SMARTS) is 1. The molecule has 3 N–H and O–H groups in total. The molecule has 10 heteroatoms. The quantitative estimate of drug-likeness (QED) is 0.383. The molecule has 2 amide bonds.